The van der Waals surface area contributed by atoms with E-state index in [-0.39, 0.29) is 42.3 Å². The van der Waals surface area contributed by atoms with Gasteiger partial charge in [0.15, 0.2) is 5.78 Å². The first kappa shape index (κ1) is 19.6. The second kappa shape index (κ2) is 8.33. The molecular weight excluding hydrogens is 373 g/mol. The molecule has 152 valence electrons. The van der Waals surface area contributed by atoms with E-state index in [4.69, 9.17) is 9.47 Å². The third-order valence-electron chi connectivity index (χ3n) is 5.75. The Morgan fingerprint density at radius 2 is 1.79 bits per heavy atom. The minimum Gasteiger partial charge on any atom is -0.445 e. The average molecular weight is 397 g/mol. The molecule has 2 saturated heterocycles. The number of nitrogens with zero attached hydrogens (tertiary/aromatic N) is 1. The molecule has 4 rings (SSSR count). The van der Waals surface area contributed by atoms with Crippen LogP contribution in [-0.2, 0) is 16.1 Å². The molecule has 0 N–H and O–H groups in total. The predicted molar refractivity (Wildman–Crippen MR) is 105 cm³/mol. The Balaban J connectivity index is 1.43. The Morgan fingerprint density at radius 1 is 1.10 bits per heavy atom. The molecule has 2 heterocycles. The van der Waals surface area contributed by atoms with Crippen molar-refractivity contribution in [3.8, 4) is 0 Å². The molecule has 2 bridgehead atoms. The summed E-state index contributed by atoms with van der Waals surface area (Å²) in [5.41, 5.74) is 1.91. The molecule has 0 radical (unpaired) electrons. The van der Waals surface area contributed by atoms with Crippen LogP contribution in [0.4, 0.5) is 9.18 Å². The van der Waals surface area contributed by atoms with Crippen LogP contribution in [0.25, 0.3) is 0 Å². The summed E-state index contributed by atoms with van der Waals surface area (Å²) < 4.78 is 24.7. The SMILES string of the molecule is Cc1cc(C(=O)C2CC3COCC(C2)N3C(=O)OCc2ccccc2)ccc1F. The Bertz CT molecular complexity index is 887. The molecule has 29 heavy (non-hydrogen) atoms. The van der Waals surface area contributed by atoms with Gasteiger partial charge in [-0.1, -0.05) is 30.3 Å². The standard InChI is InChI=1S/C23H24FNO4/c1-15-9-17(7-8-21(15)24)22(26)18-10-19-13-28-14-20(11-18)25(19)23(27)29-12-16-5-3-2-4-6-16/h2-9,18-20H,10-14H2,1H3. The summed E-state index contributed by atoms with van der Waals surface area (Å²) in [5.74, 6) is -0.526. The van der Waals surface area contributed by atoms with E-state index in [2.05, 4.69) is 0 Å². The van der Waals surface area contributed by atoms with Gasteiger partial charge in [0.1, 0.15) is 12.4 Å². The summed E-state index contributed by atoms with van der Waals surface area (Å²) in [6, 6.07) is 13.6. The second-order valence-corrected chi connectivity index (χ2v) is 7.79. The van der Waals surface area contributed by atoms with E-state index in [0.717, 1.165) is 5.56 Å². The van der Waals surface area contributed by atoms with Crippen molar-refractivity contribution in [2.75, 3.05) is 13.2 Å². The van der Waals surface area contributed by atoms with Crippen LogP contribution in [0.3, 0.4) is 0 Å². The first-order valence-electron chi connectivity index (χ1n) is 9.90. The normalized spacial score (nSPS) is 23.5. The number of benzene rings is 2. The molecule has 2 aliphatic heterocycles. The highest BCUT2D eigenvalue weighted by Gasteiger charge is 2.44. The molecule has 2 aromatic carbocycles. The van der Waals surface area contributed by atoms with Crippen molar-refractivity contribution in [1.82, 2.24) is 4.90 Å². The fraction of sp³-hybridized carbons (Fsp3) is 0.391. The lowest BCUT2D eigenvalue weighted by molar-refractivity contribution is -0.0755. The van der Waals surface area contributed by atoms with Gasteiger partial charge in [0, 0.05) is 11.5 Å². The fourth-order valence-electron chi connectivity index (χ4n) is 4.25. The van der Waals surface area contributed by atoms with Gasteiger partial charge in [-0.25, -0.2) is 9.18 Å². The Morgan fingerprint density at radius 3 is 2.45 bits per heavy atom. The molecule has 0 saturated carbocycles. The van der Waals surface area contributed by atoms with E-state index in [9.17, 15) is 14.0 Å². The Kier molecular flexibility index (Phi) is 5.62. The number of carbonyl (C=O) groups excluding carboxylic acids is 2. The van der Waals surface area contributed by atoms with Crippen LogP contribution in [0.1, 0.15) is 34.3 Å². The summed E-state index contributed by atoms with van der Waals surface area (Å²) in [5, 5.41) is 0. The van der Waals surface area contributed by atoms with Crippen LogP contribution in [0, 0.1) is 18.7 Å². The van der Waals surface area contributed by atoms with Gasteiger partial charge in [0.05, 0.1) is 25.3 Å². The molecule has 6 heteroatoms. The van der Waals surface area contributed by atoms with Gasteiger partial charge in [-0.05, 0) is 49.1 Å². The maximum Gasteiger partial charge on any atom is 0.410 e. The maximum atomic E-state index is 13.5. The molecular formula is C23H24FNO4. The summed E-state index contributed by atoms with van der Waals surface area (Å²) in [6.07, 6.45) is 0.675. The highest BCUT2D eigenvalue weighted by Crippen LogP contribution is 2.34. The summed E-state index contributed by atoms with van der Waals surface area (Å²) in [4.78, 5) is 27.5. The van der Waals surface area contributed by atoms with E-state index in [1.165, 1.54) is 12.1 Å². The number of Topliss-reactive ketones (excluding diaryl/α,β-unsaturated/α-hetero) is 1. The molecule has 0 aromatic heterocycles. The van der Waals surface area contributed by atoms with Crippen LogP contribution in [0.5, 0.6) is 0 Å². The van der Waals surface area contributed by atoms with E-state index in [1.54, 1.807) is 17.9 Å². The number of aryl methyl sites for hydroxylation is 1. The number of hydrogen-bond donors (Lipinski definition) is 0. The van der Waals surface area contributed by atoms with Gasteiger partial charge in [0.25, 0.3) is 0 Å². The van der Waals surface area contributed by atoms with Crippen molar-refractivity contribution in [1.29, 1.82) is 0 Å². The van der Waals surface area contributed by atoms with Crippen LogP contribution in [0.2, 0.25) is 0 Å². The van der Waals surface area contributed by atoms with E-state index in [1.807, 2.05) is 30.3 Å². The topological polar surface area (TPSA) is 55.8 Å². The highest BCUT2D eigenvalue weighted by molar-refractivity contribution is 5.98. The first-order chi connectivity index (χ1) is 14.0. The minimum absolute atomic E-state index is 0.00213. The molecule has 2 aromatic rings. The minimum atomic E-state index is -0.365. The number of fused-ring (bicyclic) bond motifs is 2. The maximum absolute atomic E-state index is 13.5. The number of piperidine rings is 1. The third-order valence-corrected chi connectivity index (χ3v) is 5.75. The fourth-order valence-corrected chi connectivity index (χ4v) is 4.25. The molecule has 5 nitrogen and oxygen atoms in total. The molecule has 2 fully saturated rings. The number of amides is 1. The smallest absolute Gasteiger partial charge is 0.410 e. The van der Waals surface area contributed by atoms with Gasteiger partial charge in [-0.2, -0.15) is 0 Å². The van der Waals surface area contributed by atoms with Crippen LogP contribution in [0.15, 0.2) is 48.5 Å². The lowest BCUT2D eigenvalue weighted by Crippen LogP contribution is -2.59. The van der Waals surface area contributed by atoms with Gasteiger partial charge in [-0.15, -0.1) is 0 Å². The molecule has 2 atom stereocenters. The van der Waals surface area contributed by atoms with Gasteiger partial charge < -0.3 is 9.47 Å². The van der Waals surface area contributed by atoms with Gasteiger partial charge in [-0.3, -0.25) is 9.69 Å². The van der Waals surface area contributed by atoms with Gasteiger partial charge in [0.2, 0.25) is 0 Å². The first-order valence-corrected chi connectivity index (χ1v) is 9.90. The number of morpholine rings is 1. The Labute approximate surface area is 169 Å². The van der Waals surface area contributed by atoms with Crippen LogP contribution >= 0.6 is 0 Å². The lowest BCUT2D eigenvalue weighted by atomic mass is 9.80. The van der Waals surface area contributed by atoms with Crippen molar-refractivity contribution in [3.63, 3.8) is 0 Å². The van der Waals surface area contributed by atoms with E-state index < -0.39 is 0 Å². The number of ketones is 1. The van der Waals surface area contributed by atoms with Crippen molar-refractivity contribution in [3.05, 3.63) is 71.0 Å². The summed E-state index contributed by atoms with van der Waals surface area (Å²) in [7, 11) is 0. The highest BCUT2D eigenvalue weighted by atomic mass is 19.1. The molecule has 0 spiro atoms. The molecule has 0 aliphatic carbocycles. The van der Waals surface area contributed by atoms with Crippen molar-refractivity contribution in [2.24, 2.45) is 5.92 Å². The number of rotatable bonds is 4. The van der Waals surface area contributed by atoms with Crippen LogP contribution in [-0.4, -0.2) is 42.1 Å². The number of carbonyl (C=O) groups is 2. The molecule has 2 unspecified atom stereocenters. The lowest BCUT2D eigenvalue weighted by Gasteiger charge is -2.47. The summed E-state index contributed by atoms with van der Waals surface area (Å²) in [6.45, 7) is 2.65. The van der Waals surface area contributed by atoms with Crippen molar-refractivity contribution < 1.29 is 23.5 Å². The third kappa shape index (κ3) is 4.17. The zero-order valence-electron chi connectivity index (χ0n) is 16.3. The monoisotopic (exact) mass is 397 g/mol. The predicted octanol–water partition coefficient (Wildman–Crippen LogP) is 4.13. The largest absolute Gasteiger partial charge is 0.445 e. The zero-order chi connectivity index (χ0) is 20.4. The quantitative estimate of drug-likeness (QED) is 0.728. The molecule has 2 aliphatic rings. The number of hydrogen-bond acceptors (Lipinski definition) is 4. The Hall–Kier alpha value is -2.73. The second-order valence-electron chi connectivity index (χ2n) is 7.79. The van der Waals surface area contributed by atoms with Crippen molar-refractivity contribution in [2.45, 2.75) is 38.5 Å². The molecule has 1 amide bonds. The van der Waals surface area contributed by atoms with E-state index in [0.29, 0.717) is 37.2 Å². The van der Waals surface area contributed by atoms with Gasteiger partial charge >= 0.3 is 6.09 Å². The number of ether oxygens (including phenoxy) is 2. The number of halogens is 1. The average Bonchev–Trinajstić information content (AvgIpc) is 2.73. The van der Waals surface area contributed by atoms with Crippen LogP contribution < -0.4 is 0 Å². The zero-order valence-corrected chi connectivity index (χ0v) is 16.3. The van der Waals surface area contributed by atoms with E-state index >= 15 is 0 Å². The summed E-state index contributed by atoms with van der Waals surface area (Å²) >= 11 is 0. The van der Waals surface area contributed by atoms with Crippen molar-refractivity contribution >= 4 is 11.9 Å².